The number of fused-ring (bicyclic) bond motifs is 1. The maximum Gasteiger partial charge on any atom is 0.151 e. The quantitative estimate of drug-likeness (QED) is 0.915. The molecule has 2 unspecified atom stereocenters. The van der Waals surface area contributed by atoms with Crippen LogP contribution in [0.2, 0.25) is 0 Å². The second kappa shape index (κ2) is 4.66. The number of hydrogen-bond acceptors (Lipinski definition) is 4. The largest absolute Gasteiger partial charge is 0.323 e. The van der Waals surface area contributed by atoms with E-state index in [1.807, 2.05) is 24.3 Å². The van der Waals surface area contributed by atoms with E-state index < -0.39 is 21.1 Å². The highest BCUT2D eigenvalue weighted by Gasteiger charge is 2.25. The first-order valence-electron chi connectivity index (χ1n) is 5.68. The van der Waals surface area contributed by atoms with Gasteiger partial charge in [-0.1, -0.05) is 24.3 Å². The zero-order valence-corrected chi connectivity index (χ0v) is 11.2. The predicted octanol–water partition coefficient (Wildman–Crippen LogP) is 1.67. The minimum atomic E-state index is -3.17. The van der Waals surface area contributed by atoms with E-state index in [2.05, 4.69) is 4.98 Å². The molecule has 0 aliphatic carbocycles. The van der Waals surface area contributed by atoms with E-state index in [1.54, 1.807) is 19.3 Å². The fourth-order valence-corrected chi connectivity index (χ4v) is 2.60. The molecule has 0 radical (unpaired) electrons. The smallest absolute Gasteiger partial charge is 0.151 e. The predicted molar refractivity (Wildman–Crippen MR) is 73.0 cm³/mol. The van der Waals surface area contributed by atoms with Gasteiger partial charge in [-0.2, -0.15) is 0 Å². The second-order valence-electron chi connectivity index (χ2n) is 4.51. The van der Waals surface area contributed by atoms with Crippen LogP contribution in [0.15, 0.2) is 36.7 Å². The van der Waals surface area contributed by atoms with Crippen LogP contribution in [0.1, 0.15) is 18.5 Å². The van der Waals surface area contributed by atoms with Gasteiger partial charge in [0, 0.05) is 30.1 Å². The summed E-state index contributed by atoms with van der Waals surface area (Å²) >= 11 is 0. The first-order chi connectivity index (χ1) is 8.41. The van der Waals surface area contributed by atoms with Gasteiger partial charge in [0.1, 0.15) is 0 Å². The highest BCUT2D eigenvalue weighted by molar-refractivity contribution is 7.91. The van der Waals surface area contributed by atoms with E-state index in [0.29, 0.717) is 0 Å². The van der Waals surface area contributed by atoms with Gasteiger partial charge in [0.05, 0.1) is 5.25 Å². The van der Waals surface area contributed by atoms with E-state index in [1.165, 1.54) is 6.26 Å². The Hall–Kier alpha value is -1.46. The lowest BCUT2D eigenvalue weighted by atomic mass is 10.0. The van der Waals surface area contributed by atoms with Crippen molar-refractivity contribution in [2.24, 2.45) is 5.73 Å². The minimum Gasteiger partial charge on any atom is -0.323 e. The molecular weight excluding hydrogens is 248 g/mol. The molecule has 2 N–H and O–H groups in total. The van der Waals surface area contributed by atoms with Crippen LogP contribution in [0.5, 0.6) is 0 Å². The van der Waals surface area contributed by atoms with E-state index in [0.717, 1.165) is 16.3 Å². The summed E-state index contributed by atoms with van der Waals surface area (Å²) in [6.45, 7) is 1.63. The molecule has 0 saturated heterocycles. The Morgan fingerprint density at radius 2 is 1.89 bits per heavy atom. The van der Waals surface area contributed by atoms with Gasteiger partial charge in [-0.3, -0.25) is 4.98 Å². The lowest BCUT2D eigenvalue weighted by Crippen LogP contribution is -2.30. The van der Waals surface area contributed by atoms with Crippen molar-refractivity contribution < 1.29 is 8.42 Å². The Morgan fingerprint density at radius 3 is 2.56 bits per heavy atom. The third-order valence-corrected chi connectivity index (χ3v) is 4.88. The first-order valence-corrected chi connectivity index (χ1v) is 7.64. The summed E-state index contributed by atoms with van der Waals surface area (Å²) in [7, 11) is -3.17. The SMILES string of the molecule is CC(C(N)c1cncc2ccccc12)S(C)(=O)=O. The monoisotopic (exact) mass is 264 g/mol. The summed E-state index contributed by atoms with van der Waals surface area (Å²) in [6, 6.07) is 7.12. The van der Waals surface area contributed by atoms with Crippen molar-refractivity contribution in [2.45, 2.75) is 18.2 Å². The Kier molecular flexibility index (Phi) is 3.36. The van der Waals surface area contributed by atoms with E-state index >= 15 is 0 Å². The van der Waals surface area contributed by atoms with Crippen molar-refractivity contribution in [3.8, 4) is 0 Å². The molecule has 0 amide bonds. The van der Waals surface area contributed by atoms with Crippen molar-refractivity contribution in [3.63, 3.8) is 0 Å². The molecule has 2 atom stereocenters. The Bertz CT molecular complexity index is 662. The highest BCUT2D eigenvalue weighted by Crippen LogP contribution is 2.25. The molecule has 1 aromatic carbocycles. The van der Waals surface area contributed by atoms with Crippen LogP contribution in [0.3, 0.4) is 0 Å². The second-order valence-corrected chi connectivity index (χ2v) is 6.91. The standard InChI is InChI=1S/C13H16N2O2S/c1-9(18(2,16)17)13(14)12-8-15-7-10-5-3-4-6-11(10)12/h3-9,13H,14H2,1-2H3. The van der Waals surface area contributed by atoms with Gasteiger partial charge >= 0.3 is 0 Å². The number of nitrogens with two attached hydrogens (primary N) is 1. The normalized spacial score (nSPS) is 15.5. The molecule has 18 heavy (non-hydrogen) atoms. The van der Waals surface area contributed by atoms with Crippen LogP contribution in [0.25, 0.3) is 10.8 Å². The molecule has 0 bridgehead atoms. The molecule has 1 heterocycles. The Balaban J connectivity index is 2.55. The van der Waals surface area contributed by atoms with Gasteiger partial charge in [0.25, 0.3) is 0 Å². The van der Waals surface area contributed by atoms with Crippen LogP contribution in [-0.2, 0) is 9.84 Å². The number of aromatic nitrogens is 1. The molecule has 2 rings (SSSR count). The number of benzene rings is 1. The van der Waals surface area contributed by atoms with Crippen molar-refractivity contribution in [3.05, 3.63) is 42.2 Å². The minimum absolute atomic E-state index is 0.571. The maximum absolute atomic E-state index is 11.6. The van der Waals surface area contributed by atoms with Crippen molar-refractivity contribution in [2.75, 3.05) is 6.26 Å². The number of nitrogens with zero attached hydrogens (tertiary/aromatic N) is 1. The molecule has 4 nitrogen and oxygen atoms in total. The van der Waals surface area contributed by atoms with Crippen LogP contribution in [0.4, 0.5) is 0 Å². The van der Waals surface area contributed by atoms with Crippen LogP contribution < -0.4 is 5.73 Å². The molecule has 1 aromatic heterocycles. The lowest BCUT2D eigenvalue weighted by molar-refractivity contribution is 0.571. The Morgan fingerprint density at radius 1 is 1.22 bits per heavy atom. The van der Waals surface area contributed by atoms with Crippen molar-refractivity contribution in [1.82, 2.24) is 4.98 Å². The zero-order valence-electron chi connectivity index (χ0n) is 10.4. The van der Waals surface area contributed by atoms with Gasteiger partial charge in [-0.05, 0) is 17.9 Å². The fourth-order valence-electron chi connectivity index (χ4n) is 1.92. The summed E-state index contributed by atoms with van der Waals surface area (Å²) in [5.74, 6) is 0. The summed E-state index contributed by atoms with van der Waals surface area (Å²) < 4.78 is 23.2. The molecular formula is C13H16N2O2S. The summed E-state index contributed by atoms with van der Waals surface area (Å²) in [5.41, 5.74) is 6.84. The zero-order chi connectivity index (χ0) is 13.3. The summed E-state index contributed by atoms with van der Waals surface area (Å²) in [6.07, 6.45) is 4.60. The first kappa shape index (κ1) is 13.0. The van der Waals surface area contributed by atoms with E-state index in [9.17, 15) is 8.42 Å². The highest BCUT2D eigenvalue weighted by atomic mass is 32.2. The summed E-state index contributed by atoms with van der Waals surface area (Å²) in [5, 5.41) is 1.28. The number of sulfone groups is 1. The van der Waals surface area contributed by atoms with Crippen LogP contribution >= 0.6 is 0 Å². The van der Waals surface area contributed by atoms with E-state index in [4.69, 9.17) is 5.73 Å². The van der Waals surface area contributed by atoms with Crippen molar-refractivity contribution in [1.29, 1.82) is 0 Å². The third-order valence-electron chi connectivity index (χ3n) is 3.24. The fraction of sp³-hybridized carbons (Fsp3) is 0.308. The van der Waals surface area contributed by atoms with Crippen LogP contribution in [0, 0.1) is 0 Å². The van der Waals surface area contributed by atoms with Gasteiger partial charge in [-0.15, -0.1) is 0 Å². The third kappa shape index (κ3) is 2.37. The molecule has 0 saturated carbocycles. The lowest BCUT2D eigenvalue weighted by Gasteiger charge is -2.19. The number of pyridine rings is 1. The maximum atomic E-state index is 11.6. The van der Waals surface area contributed by atoms with Crippen LogP contribution in [-0.4, -0.2) is 24.9 Å². The average Bonchev–Trinajstić information content (AvgIpc) is 2.35. The molecule has 0 aliphatic heterocycles. The van der Waals surface area contributed by atoms with Gasteiger partial charge in [-0.25, -0.2) is 8.42 Å². The van der Waals surface area contributed by atoms with E-state index in [-0.39, 0.29) is 0 Å². The van der Waals surface area contributed by atoms with Gasteiger partial charge < -0.3 is 5.73 Å². The molecule has 0 aliphatic rings. The Labute approximate surface area is 107 Å². The average molecular weight is 264 g/mol. The summed E-state index contributed by atoms with van der Waals surface area (Å²) in [4.78, 5) is 4.12. The number of hydrogen-bond donors (Lipinski definition) is 1. The molecule has 96 valence electrons. The number of rotatable bonds is 3. The molecule has 0 spiro atoms. The topological polar surface area (TPSA) is 73.0 Å². The van der Waals surface area contributed by atoms with Gasteiger partial charge in [0.15, 0.2) is 9.84 Å². The molecule has 2 aromatic rings. The van der Waals surface area contributed by atoms with Gasteiger partial charge in [0.2, 0.25) is 0 Å². The van der Waals surface area contributed by atoms with Crippen molar-refractivity contribution >= 4 is 20.6 Å². The molecule has 5 heteroatoms. The molecule has 0 fully saturated rings.